The van der Waals surface area contributed by atoms with E-state index in [1.807, 2.05) is 37.5 Å². The fraction of sp³-hybridized carbons (Fsp3) is 0.815. The van der Waals surface area contributed by atoms with Crippen LogP contribution in [0.25, 0.3) is 0 Å². The van der Waals surface area contributed by atoms with E-state index in [2.05, 4.69) is 14.9 Å². The molecule has 0 bridgehead atoms. The summed E-state index contributed by atoms with van der Waals surface area (Å²) in [5.41, 5.74) is -0.651. The van der Waals surface area contributed by atoms with E-state index in [1.165, 1.54) is 0 Å². The summed E-state index contributed by atoms with van der Waals surface area (Å²) in [6.07, 6.45) is -0.987. The first-order valence-electron chi connectivity index (χ1n) is 14.1. The molecule has 4 aliphatic rings. The van der Waals surface area contributed by atoms with Gasteiger partial charge in [0.15, 0.2) is 0 Å². The van der Waals surface area contributed by atoms with Gasteiger partial charge in [-0.1, -0.05) is 6.42 Å². The fourth-order valence-corrected chi connectivity index (χ4v) is 6.62. The number of anilines is 2. The molecule has 1 unspecified atom stereocenters. The number of amides is 1. The Bertz CT molecular complexity index is 1050. The van der Waals surface area contributed by atoms with Crippen molar-refractivity contribution in [2.24, 2.45) is 5.41 Å². The van der Waals surface area contributed by atoms with Crippen LogP contribution in [0.5, 0.6) is 0 Å². The van der Waals surface area contributed by atoms with E-state index in [1.54, 1.807) is 11.0 Å². The second-order valence-corrected chi connectivity index (χ2v) is 12.6. The average molecular weight is 555 g/mol. The molecular formula is C27H41F3N6O3. The molecule has 3 aliphatic heterocycles. The smallest absolute Gasteiger partial charge is 0.444 e. The summed E-state index contributed by atoms with van der Waals surface area (Å²) in [5.74, 6) is -0.515. The Morgan fingerprint density at radius 1 is 1.03 bits per heavy atom. The van der Waals surface area contributed by atoms with Gasteiger partial charge in [-0.2, -0.15) is 13.2 Å². The third-order valence-electron chi connectivity index (χ3n) is 9.06. The van der Waals surface area contributed by atoms with Gasteiger partial charge in [0, 0.05) is 64.0 Å². The van der Waals surface area contributed by atoms with Crippen LogP contribution < -0.4 is 9.80 Å². The zero-order chi connectivity index (χ0) is 28.2. The van der Waals surface area contributed by atoms with Gasteiger partial charge in [-0.25, -0.2) is 14.8 Å². The second-order valence-electron chi connectivity index (χ2n) is 12.6. The molecule has 1 aliphatic carbocycles. The molecule has 1 N–H and O–H groups in total. The number of aliphatic hydroxyl groups excluding tert-OH is 1. The molecule has 1 saturated carbocycles. The van der Waals surface area contributed by atoms with Crippen molar-refractivity contribution >= 4 is 17.7 Å². The minimum atomic E-state index is -4.64. The van der Waals surface area contributed by atoms with Crippen molar-refractivity contribution in [1.82, 2.24) is 19.8 Å². The lowest BCUT2D eigenvalue weighted by molar-refractivity contribution is -0.144. The van der Waals surface area contributed by atoms with Crippen molar-refractivity contribution < 1.29 is 27.8 Å². The number of alkyl halides is 3. The Morgan fingerprint density at radius 2 is 1.67 bits per heavy atom. The number of halogens is 3. The molecule has 1 aromatic heterocycles. The Hall–Kier alpha value is -2.34. The number of rotatable bonds is 3. The van der Waals surface area contributed by atoms with Gasteiger partial charge in [0.05, 0.1) is 6.10 Å². The van der Waals surface area contributed by atoms with Crippen LogP contribution in [0.3, 0.4) is 0 Å². The summed E-state index contributed by atoms with van der Waals surface area (Å²) in [6, 6.07) is 1.82. The summed E-state index contributed by atoms with van der Waals surface area (Å²) in [7, 11) is 0. The standard InChI is InChI=1S/C27H41F3N6O3/c1-18-19(33-12-14-35(15-13-33)24(38)39-25(2,3)4)17-36(18)22-16-21(31-23(32-22)27(28,29)30)34-10-8-26(9-11-34)7-5-6-20(26)37/h16,18-20,37H,5-15,17H2,1-4H3/t18-,19-,20?/m1/s1. The number of aliphatic hydroxyl groups is 1. The lowest BCUT2D eigenvalue weighted by Gasteiger charge is -2.53. The van der Waals surface area contributed by atoms with E-state index in [9.17, 15) is 23.1 Å². The SMILES string of the molecule is C[C@@H]1[C@H](N2CCN(C(=O)OC(C)(C)C)CC2)CN1c1cc(N2CCC3(CCCC3O)CC2)nc(C(F)(F)F)n1. The molecule has 218 valence electrons. The van der Waals surface area contributed by atoms with E-state index in [-0.39, 0.29) is 29.7 Å². The fourth-order valence-electron chi connectivity index (χ4n) is 6.62. The first-order chi connectivity index (χ1) is 18.3. The van der Waals surface area contributed by atoms with Crippen molar-refractivity contribution in [3.8, 4) is 0 Å². The summed E-state index contributed by atoms with van der Waals surface area (Å²) < 4.78 is 46.9. The topological polar surface area (TPSA) is 85.3 Å². The summed E-state index contributed by atoms with van der Waals surface area (Å²) >= 11 is 0. The molecule has 0 radical (unpaired) electrons. The average Bonchev–Trinajstić information content (AvgIpc) is 3.21. The number of aromatic nitrogens is 2. The van der Waals surface area contributed by atoms with Crippen molar-refractivity contribution in [2.75, 3.05) is 55.6 Å². The van der Waals surface area contributed by atoms with Crippen LogP contribution in [0.2, 0.25) is 0 Å². The molecule has 12 heteroatoms. The van der Waals surface area contributed by atoms with Crippen LogP contribution in [-0.4, -0.2) is 101 Å². The van der Waals surface area contributed by atoms with Crippen LogP contribution in [0.1, 0.15) is 65.6 Å². The van der Waals surface area contributed by atoms with Crippen molar-refractivity contribution in [3.63, 3.8) is 0 Å². The normalized spacial score (nSPS) is 28.1. The monoisotopic (exact) mass is 554 g/mol. The maximum absolute atomic E-state index is 13.8. The molecule has 1 aromatic rings. The second kappa shape index (κ2) is 10.2. The molecule has 1 spiro atoms. The molecule has 39 heavy (non-hydrogen) atoms. The van der Waals surface area contributed by atoms with E-state index in [0.29, 0.717) is 57.4 Å². The highest BCUT2D eigenvalue weighted by molar-refractivity contribution is 5.68. The minimum absolute atomic E-state index is 0.0276. The lowest BCUT2D eigenvalue weighted by Crippen LogP contribution is -2.68. The Kier molecular flexibility index (Phi) is 7.41. The van der Waals surface area contributed by atoms with E-state index in [0.717, 1.165) is 32.1 Å². The van der Waals surface area contributed by atoms with Gasteiger partial charge in [0.25, 0.3) is 0 Å². The quantitative estimate of drug-likeness (QED) is 0.605. The van der Waals surface area contributed by atoms with Gasteiger partial charge in [-0.05, 0) is 58.8 Å². The largest absolute Gasteiger partial charge is 0.451 e. The molecule has 3 atom stereocenters. The zero-order valence-electron chi connectivity index (χ0n) is 23.4. The van der Waals surface area contributed by atoms with Crippen molar-refractivity contribution in [3.05, 3.63) is 11.9 Å². The number of carbonyl (C=O) groups is 1. The third-order valence-corrected chi connectivity index (χ3v) is 9.06. The van der Waals surface area contributed by atoms with Gasteiger partial charge in [0.2, 0.25) is 5.82 Å². The first-order valence-corrected chi connectivity index (χ1v) is 14.1. The summed E-state index contributed by atoms with van der Waals surface area (Å²) in [6.45, 7) is 11.7. The lowest BCUT2D eigenvalue weighted by atomic mass is 9.75. The van der Waals surface area contributed by atoms with Crippen LogP contribution >= 0.6 is 0 Å². The Balaban J connectivity index is 1.24. The number of carbonyl (C=O) groups excluding carboxylic acids is 1. The maximum Gasteiger partial charge on any atom is 0.451 e. The number of hydrogen-bond donors (Lipinski definition) is 1. The van der Waals surface area contributed by atoms with Crippen molar-refractivity contribution in [2.45, 2.75) is 89.8 Å². The molecule has 0 aromatic carbocycles. The molecule has 4 fully saturated rings. The highest BCUT2D eigenvalue weighted by Gasteiger charge is 2.46. The maximum atomic E-state index is 13.8. The number of ether oxygens (including phenoxy) is 1. The van der Waals surface area contributed by atoms with E-state index < -0.39 is 17.6 Å². The summed E-state index contributed by atoms with van der Waals surface area (Å²) in [4.78, 5) is 28.1. The van der Waals surface area contributed by atoms with Gasteiger partial charge < -0.3 is 24.5 Å². The van der Waals surface area contributed by atoms with Crippen LogP contribution in [0, 0.1) is 5.41 Å². The molecule has 9 nitrogen and oxygen atoms in total. The number of nitrogens with zero attached hydrogens (tertiary/aromatic N) is 6. The van der Waals surface area contributed by atoms with Gasteiger partial charge >= 0.3 is 12.3 Å². The van der Waals surface area contributed by atoms with Crippen LogP contribution in [0.15, 0.2) is 6.07 Å². The van der Waals surface area contributed by atoms with Crippen LogP contribution in [0.4, 0.5) is 29.6 Å². The Labute approximate surface area is 228 Å². The highest BCUT2D eigenvalue weighted by atomic mass is 19.4. The molecular weight excluding hydrogens is 513 g/mol. The van der Waals surface area contributed by atoms with Gasteiger partial charge in [-0.15, -0.1) is 0 Å². The molecule has 3 saturated heterocycles. The van der Waals surface area contributed by atoms with Crippen molar-refractivity contribution in [1.29, 1.82) is 0 Å². The zero-order valence-corrected chi connectivity index (χ0v) is 23.4. The number of piperidine rings is 1. The first kappa shape index (κ1) is 28.2. The van der Waals surface area contributed by atoms with Crippen LogP contribution in [-0.2, 0) is 10.9 Å². The third kappa shape index (κ3) is 5.77. The predicted octanol–water partition coefficient (Wildman–Crippen LogP) is 3.76. The highest BCUT2D eigenvalue weighted by Crippen LogP contribution is 2.47. The van der Waals surface area contributed by atoms with Gasteiger partial charge in [0.1, 0.15) is 17.2 Å². The minimum Gasteiger partial charge on any atom is -0.444 e. The number of hydrogen-bond acceptors (Lipinski definition) is 8. The van der Waals surface area contributed by atoms with E-state index >= 15 is 0 Å². The number of piperazine rings is 1. The summed E-state index contributed by atoms with van der Waals surface area (Å²) in [5, 5.41) is 10.5. The predicted molar refractivity (Wildman–Crippen MR) is 141 cm³/mol. The Morgan fingerprint density at radius 3 is 2.21 bits per heavy atom. The molecule has 5 rings (SSSR count). The van der Waals surface area contributed by atoms with Gasteiger partial charge in [-0.3, -0.25) is 4.90 Å². The molecule has 1 amide bonds. The van der Waals surface area contributed by atoms with E-state index in [4.69, 9.17) is 4.74 Å². The molecule has 4 heterocycles.